The second-order valence-electron chi connectivity index (χ2n) is 6.23. The Hall–Kier alpha value is -4.18. The first-order valence-electron chi connectivity index (χ1n) is 8.72. The minimum Gasteiger partial charge on any atom is -0.496 e. The van der Waals surface area contributed by atoms with Gasteiger partial charge in [0, 0.05) is 11.6 Å². The van der Waals surface area contributed by atoms with E-state index >= 15 is 0 Å². The number of fused-ring (bicyclic) bond motifs is 1. The molecule has 4 rings (SSSR count). The fourth-order valence-corrected chi connectivity index (χ4v) is 3.22. The summed E-state index contributed by atoms with van der Waals surface area (Å²) in [6.45, 7) is 0. The number of hydrogen-bond acceptors (Lipinski definition) is 7. The molecule has 3 aromatic rings. The van der Waals surface area contributed by atoms with E-state index in [2.05, 4.69) is 6.07 Å². The van der Waals surface area contributed by atoms with Crippen LogP contribution in [0.15, 0.2) is 76.7 Å². The van der Waals surface area contributed by atoms with Gasteiger partial charge in [0.15, 0.2) is 0 Å². The first-order chi connectivity index (χ1) is 14.1. The van der Waals surface area contributed by atoms with E-state index in [4.69, 9.17) is 24.4 Å². The molecule has 0 bridgehead atoms. The van der Waals surface area contributed by atoms with Crippen molar-refractivity contribution in [2.75, 3.05) is 7.11 Å². The van der Waals surface area contributed by atoms with Crippen molar-refractivity contribution in [3.8, 4) is 23.3 Å². The number of nitrogens with two attached hydrogens (primary N) is 1. The third-order valence-electron chi connectivity index (χ3n) is 4.56. The van der Waals surface area contributed by atoms with E-state index in [0.717, 1.165) is 0 Å². The van der Waals surface area contributed by atoms with Gasteiger partial charge in [-0.05, 0) is 30.3 Å². The molecule has 0 amide bonds. The molecule has 0 saturated heterocycles. The summed E-state index contributed by atoms with van der Waals surface area (Å²) in [5, 5.41) is 9.51. The molecule has 7 nitrogen and oxygen atoms in total. The van der Waals surface area contributed by atoms with Gasteiger partial charge in [-0.1, -0.05) is 18.2 Å². The number of esters is 1. The van der Waals surface area contributed by atoms with E-state index in [-0.39, 0.29) is 17.2 Å². The molecule has 1 aliphatic heterocycles. The van der Waals surface area contributed by atoms with Crippen molar-refractivity contribution in [1.82, 2.24) is 0 Å². The number of para-hydroxylation sites is 1. The summed E-state index contributed by atoms with van der Waals surface area (Å²) in [4.78, 5) is 12.5. The Morgan fingerprint density at radius 1 is 1.17 bits per heavy atom. The highest BCUT2D eigenvalue weighted by atomic mass is 16.5. The first-order valence-corrected chi connectivity index (χ1v) is 8.72. The van der Waals surface area contributed by atoms with Gasteiger partial charge in [-0.2, -0.15) is 5.26 Å². The van der Waals surface area contributed by atoms with E-state index in [9.17, 15) is 10.1 Å². The lowest BCUT2D eigenvalue weighted by molar-refractivity contribution is 0.0731. The highest BCUT2D eigenvalue weighted by Gasteiger charge is 2.32. The molecule has 1 aliphatic rings. The number of hydrogen-bond donors (Lipinski definition) is 1. The van der Waals surface area contributed by atoms with Gasteiger partial charge in [-0.3, -0.25) is 0 Å². The highest BCUT2D eigenvalue weighted by molar-refractivity contribution is 5.94. The number of rotatable bonds is 4. The monoisotopic (exact) mass is 388 g/mol. The van der Waals surface area contributed by atoms with E-state index in [0.29, 0.717) is 28.4 Å². The lowest BCUT2D eigenvalue weighted by Crippen LogP contribution is -2.21. The highest BCUT2D eigenvalue weighted by Crippen LogP contribution is 2.43. The Labute approximate surface area is 166 Å². The molecule has 2 heterocycles. The zero-order chi connectivity index (χ0) is 20.4. The van der Waals surface area contributed by atoms with Gasteiger partial charge in [-0.25, -0.2) is 4.79 Å². The van der Waals surface area contributed by atoms with Gasteiger partial charge in [0.05, 0.1) is 19.3 Å². The first kappa shape index (κ1) is 18.2. The van der Waals surface area contributed by atoms with Gasteiger partial charge in [0.25, 0.3) is 0 Å². The molecule has 0 aliphatic carbocycles. The number of nitriles is 1. The summed E-state index contributed by atoms with van der Waals surface area (Å²) >= 11 is 0. The lowest BCUT2D eigenvalue weighted by Gasteiger charge is -2.25. The predicted octanol–water partition coefficient (Wildman–Crippen LogP) is 3.73. The molecule has 1 unspecified atom stereocenters. The molecular formula is C22H16N2O5. The van der Waals surface area contributed by atoms with Crippen LogP contribution in [0.4, 0.5) is 0 Å². The molecule has 0 fully saturated rings. The van der Waals surface area contributed by atoms with Gasteiger partial charge in [0.2, 0.25) is 5.88 Å². The minimum absolute atomic E-state index is 0.0189. The summed E-state index contributed by atoms with van der Waals surface area (Å²) in [6.07, 6.45) is 1.53. The van der Waals surface area contributed by atoms with Crippen LogP contribution in [0.2, 0.25) is 0 Å². The number of allylic oxidation sites excluding steroid dienone is 1. The van der Waals surface area contributed by atoms with E-state index in [1.165, 1.54) is 13.4 Å². The van der Waals surface area contributed by atoms with Crippen LogP contribution in [0.5, 0.6) is 17.2 Å². The van der Waals surface area contributed by atoms with Crippen LogP contribution in [0.25, 0.3) is 0 Å². The third kappa shape index (κ3) is 3.28. The zero-order valence-corrected chi connectivity index (χ0v) is 15.4. The maximum absolute atomic E-state index is 12.5. The van der Waals surface area contributed by atoms with Crippen molar-refractivity contribution < 1.29 is 23.4 Å². The number of carbonyl (C=O) groups is 1. The van der Waals surface area contributed by atoms with Crippen LogP contribution >= 0.6 is 0 Å². The summed E-state index contributed by atoms with van der Waals surface area (Å²) in [5.74, 6) is 0.539. The molecule has 29 heavy (non-hydrogen) atoms. The molecule has 0 spiro atoms. The van der Waals surface area contributed by atoms with Crippen molar-refractivity contribution in [1.29, 1.82) is 5.26 Å². The van der Waals surface area contributed by atoms with Crippen LogP contribution in [0, 0.1) is 11.3 Å². The minimum atomic E-state index is -0.568. The summed E-state index contributed by atoms with van der Waals surface area (Å²) < 4.78 is 21.8. The van der Waals surface area contributed by atoms with Crippen LogP contribution in [0.1, 0.15) is 27.6 Å². The van der Waals surface area contributed by atoms with Crippen LogP contribution in [0.3, 0.4) is 0 Å². The molecule has 0 radical (unpaired) electrons. The average Bonchev–Trinajstić information content (AvgIpc) is 3.27. The van der Waals surface area contributed by atoms with Gasteiger partial charge < -0.3 is 24.4 Å². The molecular weight excluding hydrogens is 372 g/mol. The van der Waals surface area contributed by atoms with Crippen molar-refractivity contribution in [3.63, 3.8) is 0 Å². The molecule has 2 N–H and O–H groups in total. The largest absolute Gasteiger partial charge is 0.496 e. The Balaban J connectivity index is 1.68. The number of carbonyl (C=O) groups excluding carboxylic acids is 1. The van der Waals surface area contributed by atoms with Crippen molar-refractivity contribution in [2.24, 2.45) is 5.73 Å². The van der Waals surface area contributed by atoms with Crippen molar-refractivity contribution in [3.05, 3.63) is 89.2 Å². The number of methoxy groups -OCH3 is 1. The molecule has 0 saturated carbocycles. The van der Waals surface area contributed by atoms with Crippen LogP contribution in [-0.2, 0) is 0 Å². The van der Waals surface area contributed by atoms with Crippen LogP contribution in [-0.4, -0.2) is 13.1 Å². The third-order valence-corrected chi connectivity index (χ3v) is 4.56. The number of furan rings is 1. The second-order valence-corrected chi connectivity index (χ2v) is 6.23. The van der Waals surface area contributed by atoms with Crippen LogP contribution < -0.4 is 19.9 Å². The lowest BCUT2D eigenvalue weighted by atomic mass is 9.87. The van der Waals surface area contributed by atoms with Gasteiger partial charge >= 0.3 is 5.97 Å². The smallest absolute Gasteiger partial charge is 0.347 e. The van der Waals surface area contributed by atoms with E-state index < -0.39 is 11.9 Å². The predicted molar refractivity (Wildman–Crippen MR) is 102 cm³/mol. The molecule has 144 valence electrons. The molecule has 1 aromatic heterocycles. The van der Waals surface area contributed by atoms with Gasteiger partial charge in [-0.15, -0.1) is 0 Å². The van der Waals surface area contributed by atoms with E-state index in [1.54, 1.807) is 54.6 Å². The fourth-order valence-electron chi connectivity index (χ4n) is 3.22. The Morgan fingerprint density at radius 3 is 2.72 bits per heavy atom. The van der Waals surface area contributed by atoms with Crippen molar-refractivity contribution >= 4 is 5.97 Å². The molecule has 7 heteroatoms. The molecule has 1 atom stereocenters. The summed E-state index contributed by atoms with van der Waals surface area (Å²) in [6, 6.07) is 17.3. The standard InChI is InChI=1S/C22H16N2O5/c1-26-17-6-3-2-5-15(17)22(25)28-13-8-9-14-19(11-13)29-21(24)16(12-23)20(14)18-7-4-10-27-18/h2-11,20H,24H2,1H3. The number of ether oxygens (including phenoxy) is 3. The number of benzene rings is 2. The quantitative estimate of drug-likeness (QED) is 0.536. The fraction of sp³-hybridized carbons (Fsp3) is 0.0909. The maximum Gasteiger partial charge on any atom is 0.347 e. The SMILES string of the molecule is COc1ccccc1C(=O)Oc1ccc2c(c1)OC(N)=C(C#N)C2c1ccco1. The Kier molecular flexibility index (Phi) is 4.67. The number of nitrogens with zero attached hydrogens (tertiary/aromatic N) is 1. The molecule has 2 aromatic carbocycles. The summed E-state index contributed by atoms with van der Waals surface area (Å²) in [7, 11) is 1.48. The van der Waals surface area contributed by atoms with Crippen molar-refractivity contribution in [2.45, 2.75) is 5.92 Å². The topological polar surface area (TPSA) is 108 Å². The normalized spacial score (nSPS) is 15.1. The second kappa shape index (κ2) is 7.44. The Bertz CT molecular complexity index is 1140. The van der Waals surface area contributed by atoms with E-state index in [1.807, 2.05) is 0 Å². The maximum atomic E-state index is 12.5. The summed E-state index contributed by atoms with van der Waals surface area (Å²) in [5.41, 5.74) is 7.19. The Morgan fingerprint density at radius 2 is 2.00 bits per heavy atom. The average molecular weight is 388 g/mol. The van der Waals surface area contributed by atoms with Gasteiger partial charge in [0.1, 0.15) is 40.2 Å². The zero-order valence-electron chi connectivity index (χ0n) is 15.4.